The molecule has 0 aromatic heterocycles. The van der Waals surface area contributed by atoms with Gasteiger partial charge in [-0.3, -0.25) is 9.59 Å². The van der Waals surface area contributed by atoms with Crippen LogP contribution in [0.3, 0.4) is 0 Å². The number of ether oxygens (including phenoxy) is 1. The number of hydrogen-bond donors (Lipinski definition) is 2. The molecule has 2 amide bonds. The van der Waals surface area contributed by atoms with Crippen LogP contribution in [0.2, 0.25) is 0 Å². The van der Waals surface area contributed by atoms with Crippen LogP contribution in [0, 0.1) is 0 Å². The van der Waals surface area contributed by atoms with Gasteiger partial charge in [0.15, 0.2) is 0 Å². The van der Waals surface area contributed by atoms with Crippen LogP contribution in [0.1, 0.15) is 39.1 Å². The van der Waals surface area contributed by atoms with Crippen molar-refractivity contribution < 1.29 is 14.3 Å². The predicted octanol–water partition coefficient (Wildman–Crippen LogP) is 2.19. The predicted molar refractivity (Wildman–Crippen MR) is 104 cm³/mol. The molecule has 1 saturated heterocycles. The Bertz CT molecular complexity index is 816. The fraction of sp³-hybridized carbons (Fsp3) is 0.333. The first-order chi connectivity index (χ1) is 13.1. The normalized spacial score (nSPS) is 14.6. The molecule has 0 atom stereocenters. The molecule has 0 aliphatic carbocycles. The Labute approximate surface area is 159 Å². The second-order valence-electron chi connectivity index (χ2n) is 6.75. The van der Waals surface area contributed by atoms with Crippen molar-refractivity contribution in [2.24, 2.45) is 5.73 Å². The average molecular weight is 367 g/mol. The van der Waals surface area contributed by atoms with Crippen molar-refractivity contribution in [1.29, 1.82) is 0 Å². The molecule has 6 nitrogen and oxygen atoms in total. The van der Waals surface area contributed by atoms with E-state index < -0.39 is 5.91 Å². The third kappa shape index (κ3) is 4.65. The van der Waals surface area contributed by atoms with Crippen LogP contribution in [0.15, 0.2) is 48.5 Å². The number of carbonyl (C=O) groups excluding carboxylic acids is 2. The first kappa shape index (κ1) is 18.9. The number of carbonyl (C=O) groups is 2. The minimum atomic E-state index is -0.530. The number of nitrogens with zero attached hydrogens (tertiary/aromatic N) is 1. The Morgan fingerprint density at radius 1 is 1.15 bits per heavy atom. The Morgan fingerprint density at radius 3 is 2.63 bits per heavy atom. The van der Waals surface area contributed by atoms with Crippen LogP contribution in [0.4, 0.5) is 0 Å². The zero-order valence-corrected chi connectivity index (χ0v) is 15.5. The Morgan fingerprint density at radius 2 is 1.89 bits per heavy atom. The van der Waals surface area contributed by atoms with Crippen LogP contribution in [0.25, 0.3) is 0 Å². The number of primary amides is 1. The lowest BCUT2D eigenvalue weighted by Crippen LogP contribution is -2.43. The summed E-state index contributed by atoms with van der Waals surface area (Å²) in [7, 11) is 1.87. The third-order valence-corrected chi connectivity index (χ3v) is 4.90. The summed E-state index contributed by atoms with van der Waals surface area (Å²) < 4.78 is 5.76. The van der Waals surface area contributed by atoms with Crippen LogP contribution in [-0.2, 0) is 6.61 Å². The van der Waals surface area contributed by atoms with Crippen LogP contribution in [0.5, 0.6) is 5.75 Å². The summed E-state index contributed by atoms with van der Waals surface area (Å²) in [5.41, 5.74) is 7.22. The van der Waals surface area contributed by atoms with Crippen molar-refractivity contribution in [2.45, 2.75) is 25.5 Å². The van der Waals surface area contributed by atoms with Crippen molar-refractivity contribution in [2.75, 3.05) is 20.1 Å². The molecular weight excluding hydrogens is 342 g/mol. The highest BCUT2D eigenvalue weighted by atomic mass is 16.5. The maximum Gasteiger partial charge on any atom is 0.253 e. The monoisotopic (exact) mass is 367 g/mol. The van der Waals surface area contributed by atoms with Gasteiger partial charge in [0, 0.05) is 18.7 Å². The average Bonchev–Trinajstić information content (AvgIpc) is 2.72. The first-order valence-corrected chi connectivity index (χ1v) is 9.14. The molecule has 0 unspecified atom stereocenters. The standard InChI is InChI=1S/C21H25N3O3/c1-24(17-9-11-23-12-10-17)21(26)16-6-4-5-15(13-16)14-27-19-8-3-2-7-18(19)20(22)25/h2-8,13,17,23H,9-12,14H2,1H3,(H2,22,25). The Hall–Kier alpha value is -2.86. The van der Waals surface area contributed by atoms with Crippen LogP contribution < -0.4 is 15.8 Å². The minimum absolute atomic E-state index is 0.0151. The van der Waals surface area contributed by atoms with E-state index in [1.165, 1.54) is 0 Å². The van der Waals surface area contributed by atoms with Crippen molar-refractivity contribution in [1.82, 2.24) is 10.2 Å². The van der Waals surface area contributed by atoms with E-state index in [1.54, 1.807) is 24.3 Å². The number of nitrogens with one attached hydrogen (secondary N) is 1. The molecule has 3 rings (SSSR count). The van der Waals surface area contributed by atoms with Crippen molar-refractivity contribution in [3.8, 4) is 5.75 Å². The maximum absolute atomic E-state index is 12.8. The molecule has 3 N–H and O–H groups in total. The zero-order valence-electron chi connectivity index (χ0n) is 15.5. The lowest BCUT2D eigenvalue weighted by Gasteiger charge is -2.31. The fourth-order valence-electron chi connectivity index (χ4n) is 3.31. The van der Waals surface area contributed by atoms with Gasteiger partial charge in [0.1, 0.15) is 12.4 Å². The number of amides is 2. The molecule has 0 radical (unpaired) electrons. The highest BCUT2D eigenvalue weighted by molar-refractivity contribution is 5.95. The van der Waals surface area contributed by atoms with Crippen molar-refractivity contribution >= 4 is 11.8 Å². The van der Waals surface area contributed by atoms with Gasteiger partial charge < -0.3 is 20.7 Å². The van der Waals surface area contributed by atoms with E-state index >= 15 is 0 Å². The van der Waals surface area contributed by atoms with E-state index in [1.807, 2.05) is 36.2 Å². The lowest BCUT2D eigenvalue weighted by atomic mass is 10.0. The smallest absolute Gasteiger partial charge is 0.253 e. The topological polar surface area (TPSA) is 84.7 Å². The van der Waals surface area contributed by atoms with E-state index in [0.29, 0.717) is 16.9 Å². The Kier molecular flexibility index (Phi) is 6.08. The Balaban J connectivity index is 1.68. The summed E-state index contributed by atoms with van der Waals surface area (Å²) >= 11 is 0. The number of rotatable bonds is 6. The van der Waals surface area contributed by atoms with E-state index in [2.05, 4.69) is 5.32 Å². The molecule has 0 spiro atoms. The van der Waals surface area contributed by atoms with Gasteiger partial charge in [-0.05, 0) is 55.8 Å². The second-order valence-corrected chi connectivity index (χ2v) is 6.75. The molecule has 27 heavy (non-hydrogen) atoms. The molecular formula is C21H25N3O3. The largest absolute Gasteiger partial charge is 0.488 e. The molecule has 1 heterocycles. The molecule has 1 aliphatic heterocycles. The summed E-state index contributed by atoms with van der Waals surface area (Å²) in [6, 6.07) is 14.5. The highest BCUT2D eigenvalue weighted by Gasteiger charge is 2.23. The summed E-state index contributed by atoms with van der Waals surface area (Å²) in [5, 5.41) is 3.31. The highest BCUT2D eigenvalue weighted by Crippen LogP contribution is 2.20. The van der Waals surface area contributed by atoms with E-state index in [9.17, 15) is 9.59 Å². The lowest BCUT2D eigenvalue weighted by molar-refractivity contribution is 0.0703. The van der Waals surface area contributed by atoms with Gasteiger partial charge in [0.25, 0.3) is 11.8 Å². The van der Waals surface area contributed by atoms with Crippen molar-refractivity contribution in [3.63, 3.8) is 0 Å². The fourth-order valence-corrected chi connectivity index (χ4v) is 3.31. The second kappa shape index (κ2) is 8.68. The first-order valence-electron chi connectivity index (χ1n) is 9.14. The maximum atomic E-state index is 12.8. The van der Waals surface area contributed by atoms with Gasteiger partial charge in [-0.25, -0.2) is 0 Å². The van der Waals surface area contributed by atoms with Crippen molar-refractivity contribution in [3.05, 3.63) is 65.2 Å². The molecule has 142 valence electrons. The number of para-hydroxylation sites is 1. The molecule has 2 aromatic carbocycles. The van der Waals surface area contributed by atoms with Gasteiger partial charge in [0.05, 0.1) is 5.56 Å². The summed E-state index contributed by atoms with van der Waals surface area (Å²) in [6.07, 6.45) is 1.93. The molecule has 0 saturated carbocycles. The quantitative estimate of drug-likeness (QED) is 0.820. The number of nitrogens with two attached hydrogens (primary N) is 1. The zero-order chi connectivity index (χ0) is 19.2. The molecule has 0 bridgehead atoms. The van der Waals surface area contributed by atoms with E-state index in [-0.39, 0.29) is 18.6 Å². The number of benzene rings is 2. The van der Waals surface area contributed by atoms with Gasteiger partial charge in [0.2, 0.25) is 0 Å². The third-order valence-electron chi connectivity index (χ3n) is 4.90. The summed E-state index contributed by atoms with van der Waals surface area (Å²) in [5.74, 6) is -0.0760. The van der Waals surface area contributed by atoms with E-state index in [0.717, 1.165) is 31.5 Å². The van der Waals surface area contributed by atoms with Gasteiger partial charge in [-0.2, -0.15) is 0 Å². The SMILES string of the molecule is CN(C(=O)c1cccc(COc2ccccc2C(N)=O)c1)C1CCNCC1. The minimum Gasteiger partial charge on any atom is -0.488 e. The summed E-state index contributed by atoms with van der Waals surface area (Å²) in [6.45, 7) is 2.13. The van der Waals surface area contributed by atoms with Gasteiger partial charge >= 0.3 is 0 Å². The number of hydrogen-bond acceptors (Lipinski definition) is 4. The molecule has 6 heteroatoms. The van der Waals surface area contributed by atoms with Gasteiger partial charge in [-0.1, -0.05) is 24.3 Å². The van der Waals surface area contributed by atoms with Crippen LogP contribution >= 0.6 is 0 Å². The molecule has 1 fully saturated rings. The molecule has 2 aromatic rings. The van der Waals surface area contributed by atoms with Gasteiger partial charge in [-0.15, -0.1) is 0 Å². The molecule has 1 aliphatic rings. The van der Waals surface area contributed by atoms with E-state index in [4.69, 9.17) is 10.5 Å². The summed E-state index contributed by atoms with van der Waals surface area (Å²) in [4.78, 5) is 26.1. The number of piperidine rings is 1. The van der Waals surface area contributed by atoms with Crippen LogP contribution in [-0.4, -0.2) is 42.9 Å².